The van der Waals surface area contributed by atoms with E-state index in [0.717, 1.165) is 25.7 Å². The van der Waals surface area contributed by atoms with Gasteiger partial charge in [0.2, 0.25) is 0 Å². The summed E-state index contributed by atoms with van der Waals surface area (Å²) in [6.45, 7) is 22.4. The van der Waals surface area contributed by atoms with Crippen LogP contribution in [0.1, 0.15) is 120 Å². The van der Waals surface area contributed by atoms with Crippen molar-refractivity contribution < 1.29 is 27.9 Å². The lowest BCUT2D eigenvalue weighted by Crippen LogP contribution is -2.53. The molecule has 1 saturated carbocycles. The van der Waals surface area contributed by atoms with Crippen LogP contribution in [0, 0.1) is 5.92 Å². The molecule has 0 atom stereocenters. The third-order valence-electron chi connectivity index (χ3n) is 7.57. The highest BCUT2D eigenvalue weighted by Crippen LogP contribution is 2.27. The van der Waals surface area contributed by atoms with Crippen LogP contribution in [-0.4, -0.2) is 104 Å². The molecule has 0 amide bonds. The Morgan fingerprint density at radius 1 is 0.740 bits per heavy atom. The fraction of sp³-hybridized carbons (Fsp3) is 0.844. The van der Waals surface area contributed by atoms with Crippen molar-refractivity contribution in [2.24, 2.45) is 5.92 Å². The molecule has 286 valence electrons. The van der Waals surface area contributed by atoms with Crippen molar-refractivity contribution in [3.63, 3.8) is 0 Å². The molecule has 0 unspecified atom stereocenters. The van der Waals surface area contributed by atoms with Crippen LogP contribution in [0.5, 0.6) is 0 Å². The van der Waals surface area contributed by atoms with Gasteiger partial charge in [-0.2, -0.15) is 9.59 Å². The van der Waals surface area contributed by atoms with Gasteiger partial charge in [-0.1, -0.05) is 31.9 Å². The van der Waals surface area contributed by atoms with E-state index in [1.165, 1.54) is 15.8 Å². The number of alkyl halides is 2. The maximum Gasteiger partial charge on any atom is 0.319 e. The van der Waals surface area contributed by atoms with E-state index >= 15 is 0 Å². The number of carboxylic acid groups (broad SMARTS) is 1. The molecule has 2 N–H and O–H groups in total. The molecule has 0 aliphatic heterocycles. The smallest absolute Gasteiger partial charge is 0.319 e. The zero-order valence-electron chi connectivity index (χ0n) is 31.8. The first-order valence-electron chi connectivity index (χ1n) is 16.5. The topological polar surface area (TPSA) is 205 Å². The number of nitrogens with zero attached hydrogens (tertiary/aromatic N) is 8. The van der Waals surface area contributed by atoms with E-state index in [9.17, 15) is 22.8 Å². The molecule has 2 heterocycles. The summed E-state index contributed by atoms with van der Waals surface area (Å²) in [4.78, 5) is 37.5. The van der Waals surface area contributed by atoms with Gasteiger partial charge in [-0.05, 0) is 125 Å². The highest BCUT2D eigenvalue weighted by Gasteiger charge is 2.33. The number of carbonyl (C=O) groups is 3. The summed E-state index contributed by atoms with van der Waals surface area (Å²) < 4.78 is 21.6. The Balaban J connectivity index is 0.000000457. The monoisotopic (exact) mass is 853 g/mol. The summed E-state index contributed by atoms with van der Waals surface area (Å²) in [7, 11) is -2.93. The van der Waals surface area contributed by atoms with Crippen molar-refractivity contribution in [3.05, 3.63) is 11.6 Å². The lowest BCUT2D eigenvalue weighted by Gasteiger charge is -2.35. The number of Topliss-reactive ketones (excluding diaryl/α,β-unsaturated/α-hetero) is 2. The SMILES string of the molecule is CC(C)(Br)C(=O)Cc1nnn(C(C)(C)C)n1.CC(C)(Br)C(=O)O.CC(C)(NC1CCC(CS(C)(=O)=O)CC1)C(=O)Cc1nnn(C(C)(C)C)n1. The molecule has 3 rings (SSSR count). The van der Waals surface area contributed by atoms with Gasteiger partial charge in [-0.25, -0.2) is 8.42 Å². The van der Waals surface area contributed by atoms with E-state index < -0.39 is 30.0 Å². The van der Waals surface area contributed by atoms with Gasteiger partial charge in [-0.3, -0.25) is 14.4 Å². The number of nitrogens with one attached hydrogen (secondary N) is 1. The molecule has 18 heteroatoms. The fourth-order valence-electron chi connectivity index (χ4n) is 4.41. The third kappa shape index (κ3) is 16.9. The van der Waals surface area contributed by atoms with Crippen LogP contribution in [0.4, 0.5) is 0 Å². The Kier molecular flexibility index (Phi) is 16.1. The standard InChI is InChI=1S/C18H33N5O3S.C10H17BrN4O.C4H7BrO2/c1-17(2,3)23-21-16(20-22-23)11-15(24)18(4,5)19-14-9-7-13(8-10-14)12-27(6,25)26;1-9(2,3)15-13-8(12-14-15)6-7(16)10(4,5)11;1-4(2,5)3(6)7/h13-14,19H,7-12H2,1-6H3;6H2,1-5H3;1-2H3,(H,6,7). The zero-order chi connectivity index (χ0) is 39.1. The molecule has 1 aliphatic rings. The summed E-state index contributed by atoms with van der Waals surface area (Å²) in [6.07, 6.45) is 5.15. The van der Waals surface area contributed by atoms with Gasteiger partial charge in [0.25, 0.3) is 0 Å². The third-order valence-corrected chi connectivity index (χ3v) is 9.42. The van der Waals surface area contributed by atoms with Gasteiger partial charge in [0.15, 0.2) is 23.2 Å². The van der Waals surface area contributed by atoms with Gasteiger partial charge < -0.3 is 10.4 Å². The lowest BCUT2D eigenvalue weighted by molar-refractivity contribution is -0.138. The van der Waals surface area contributed by atoms with E-state index in [2.05, 4.69) is 68.0 Å². The average Bonchev–Trinajstić information content (AvgIpc) is 3.58. The Bertz CT molecular complexity index is 1540. The number of halogens is 2. The van der Waals surface area contributed by atoms with Crippen molar-refractivity contribution in [1.82, 2.24) is 45.7 Å². The minimum absolute atomic E-state index is 0.0224. The lowest BCUT2D eigenvalue weighted by atomic mass is 9.85. The number of rotatable bonds is 11. The summed E-state index contributed by atoms with van der Waals surface area (Å²) >= 11 is 6.26. The molecular formula is C32H57Br2N9O6S. The predicted octanol–water partition coefficient (Wildman–Crippen LogP) is 4.47. The maximum atomic E-state index is 12.8. The molecule has 0 aromatic carbocycles. The zero-order valence-corrected chi connectivity index (χ0v) is 35.8. The molecule has 2 aromatic heterocycles. The number of tetrazole rings is 2. The van der Waals surface area contributed by atoms with Gasteiger partial charge in [-0.15, -0.1) is 20.4 Å². The quantitative estimate of drug-likeness (QED) is 0.300. The molecule has 15 nitrogen and oxygen atoms in total. The molecular weight excluding hydrogens is 798 g/mol. The van der Waals surface area contributed by atoms with Crippen molar-refractivity contribution >= 4 is 59.2 Å². The molecule has 1 fully saturated rings. The number of carboxylic acids is 1. The maximum absolute atomic E-state index is 12.8. The Labute approximate surface area is 314 Å². The van der Waals surface area contributed by atoms with Crippen LogP contribution >= 0.6 is 31.9 Å². The first-order chi connectivity index (χ1) is 22.3. The predicted molar refractivity (Wildman–Crippen MR) is 199 cm³/mol. The van der Waals surface area contributed by atoms with Crippen LogP contribution < -0.4 is 5.32 Å². The molecule has 50 heavy (non-hydrogen) atoms. The number of sulfone groups is 1. The number of carbonyl (C=O) groups excluding carboxylic acids is 2. The summed E-state index contributed by atoms with van der Waals surface area (Å²) in [5.41, 5.74) is -1.17. The Morgan fingerprint density at radius 3 is 1.42 bits per heavy atom. The molecule has 0 spiro atoms. The van der Waals surface area contributed by atoms with Crippen LogP contribution in [0.2, 0.25) is 0 Å². The average molecular weight is 856 g/mol. The van der Waals surface area contributed by atoms with Crippen LogP contribution in [-0.2, 0) is 48.1 Å². The second kappa shape index (κ2) is 17.6. The van der Waals surface area contributed by atoms with Gasteiger partial charge in [0.1, 0.15) is 14.2 Å². The van der Waals surface area contributed by atoms with Gasteiger partial charge in [0.05, 0.1) is 39.5 Å². The second-order valence-electron chi connectivity index (χ2n) is 16.4. The summed E-state index contributed by atoms with van der Waals surface area (Å²) in [5.74, 6) is 0.613. The van der Waals surface area contributed by atoms with E-state index in [1.54, 1.807) is 13.8 Å². The van der Waals surface area contributed by atoms with Crippen molar-refractivity contribution in [3.8, 4) is 0 Å². The van der Waals surface area contributed by atoms with Crippen LogP contribution in [0.3, 0.4) is 0 Å². The minimum atomic E-state index is -2.93. The van der Waals surface area contributed by atoms with Crippen LogP contribution in [0.25, 0.3) is 0 Å². The van der Waals surface area contributed by atoms with E-state index in [4.69, 9.17) is 5.11 Å². The normalized spacial score (nSPS) is 17.6. The van der Waals surface area contributed by atoms with E-state index in [-0.39, 0.29) is 53.2 Å². The van der Waals surface area contributed by atoms with Gasteiger partial charge in [0, 0.05) is 12.3 Å². The highest BCUT2D eigenvalue weighted by atomic mass is 79.9. The van der Waals surface area contributed by atoms with Crippen molar-refractivity contribution in [2.45, 2.75) is 153 Å². The molecule has 1 aliphatic carbocycles. The first-order valence-corrected chi connectivity index (χ1v) is 20.2. The highest BCUT2D eigenvalue weighted by molar-refractivity contribution is 9.10. The molecule has 0 bridgehead atoms. The molecule has 2 aromatic rings. The van der Waals surface area contributed by atoms with Crippen molar-refractivity contribution in [2.75, 3.05) is 12.0 Å². The number of hydrogen-bond donors (Lipinski definition) is 2. The van der Waals surface area contributed by atoms with E-state index in [0.29, 0.717) is 11.6 Å². The van der Waals surface area contributed by atoms with Crippen molar-refractivity contribution in [1.29, 1.82) is 0 Å². The largest absolute Gasteiger partial charge is 0.480 e. The summed E-state index contributed by atoms with van der Waals surface area (Å²) in [6, 6.07) is 0.220. The molecule has 0 radical (unpaired) electrons. The second-order valence-corrected chi connectivity index (χ2v) is 22.5. The first kappa shape index (κ1) is 45.8. The van der Waals surface area contributed by atoms with Gasteiger partial charge >= 0.3 is 5.97 Å². The number of hydrogen-bond acceptors (Lipinski definition) is 12. The summed E-state index contributed by atoms with van der Waals surface area (Å²) in [5, 5.41) is 36.0. The minimum Gasteiger partial charge on any atom is -0.480 e. The van der Waals surface area contributed by atoms with Crippen LogP contribution in [0.15, 0.2) is 0 Å². The fourth-order valence-corrected chi connectivity index (χ4v) is 5.74. The number of aromatic nitrogens is 8. The Hall–Kier alpha value is -2.18. The number of aliphatic carboxylic acids is 1. The number of ketones is 2. The van der Waals surface area contributed by atoms with E-state index in [1.807, 2.05) is 69.2 Å². The molecule has 0 saturated heterocycles. The Morgan fingerprint density at radius 2 is 1.12 bits per heavy atom.